The number of esters is 1. The van der Waals surface area contributed by atoms with Gasteiger partial charge in [-0.25, -0.2) is 4.79 Å². The molecule has 0 radical (unpaired) electrons. The highest BCUT2D eigenvalue weighted by Gasteiger charge is 2.25. The van der Waals surface area contributed by atoms with Gasteiger partial charge in [0.2, 0.25) is 0 Å². The lowest BCUT2D eigenvalue weighted by Crippen LogP contribution is -2.21. The maximum absolute atomic E-state index is 12.3. The molecule has 0 bridgehead atoms. The van der Waals surface area contributed by atoms with Crippen LogP contribution in [0.4, 0.5) is 0 Å². The molecule has 23 heavy (non-hydrogen) atoms. The van der Waals surface area contributed by atoms with Crippen LogP contribution in [-0.4, -0.2) is 24.1 Å². The van der Waals surface area contributed by atoms with Gasteiger partial charge in [-0.3, -0.25) is 9.59 Å². The number of aryl methyl sites for hydroxylation is 1. The van der Waals surface area contributed by atoms with Crippen molar-refractivity contribution < 1.29 is 19.1 Å². The van der Waals surface area contributed by atoms with Crippen LogP contribution in [0.5, 0.6) is 0 Å². The van der Waals surface area contributed by atoms with Crippen molar-refractivity contribution in [3.05, 3.63) is 82.4 Å². The zero-order valence-electron chi connectivity index (χ0n) is 12.5. The Labute approximate surface area is 133 Å². The molecule has 114 valence electrons. The lowest BCUT2D eigenvalue weighted by atomic mass is 9.90. The molecule has 0 amide bonds. The number of hydrogen-bond donors (Lipinski definition) is 0. The number of Topliss-reactive ketones (excluding diaryl/α,β-unsaturated/α-hetero) is 1. The Balaban J connectivity index is 1.74. The maximum Gasteiger partial charge on any atom is 0.338 e. The van der Waals surface area contributed by atoms with E-state index in [1.165, 1.54) is 6.08 Å². The molecule has 0 unspecified atom stereocenters. The van der Waals surface area contributed by atoms with Crippen LogP contribution in [0.15, 0.2) is 60.2 Å². The van der Waals surface area contributed by atoms with E-state index in [2.05, 4.69) is 0 Å². The van der Waals surface area contributed by atoms with Gasteiger partial charge in [0.15, 0.2) is 11.6 Å². The lowest BCUT2D eigenvalue weighted by Gasteiger charge is -2.15. The summed E-state index contributed by atoms with van der Waals surface area (Å²) >= 11 is 0. The van der Waals surface area contributed by atoms with E-state index >= 15 is 0 Å². The van der Waals surface area contributed by atoms with Gasteiger partial charge in [0.05, 0.1) is 5.56 Å². The first-order chi connectivity index (χ1) is 11.1. The Kier molecular flexibility index (Phi) is 3.89. The summed E-state index contributed by atoms with van der Waals surface area (Å²) in [5.41, 5.74) is 2.36. The molecular weight excluding hydrogens is 292 g/mol. The van der Waals surface area contributed by atoms with Crippen molar-refractivity contribution in [1.82, 2.24) is 0 Å². The summed E-state index contributed by atoms with van der Waals surface area (Å²) < 4.78 is 5.16. The van der Waals surface area contributed by atoms with Gasteiger partial charge >= 0.3 is 5.97 Å². The number of benzene rings is 2. The molecule has 0 saturated carbocycles. The van der Waals surface area contributed by atoms with E-state index < -0.39 is 5.97 Å². The summed E-state index contributed by atoms with van der Waals surface area (Å²) in [6, 6.07) is 13.6. The number of ketones is 2. The van der Waals surface area contributed by atoms with Crippen LogP contribution in [0.1, 0.15) is 36.6 Å². The lowest BCUT2D eigenvalue weighted by molar-refractivity contribution is 0.0535. The summed E-state index contributed by atoms with van der Waals surface area (Å²) in [6.45, 7) is 1.70. The first-order valence-electron chi connectivity index (χ1n) is 7.18. The topological polar surface area (TPSA) is 60.4 Å². The van der Waals surface area contributed by atoms with Crippen LogP contribution in [-0.2, 0) is 4.74 Å². The Morgan fingerprint density at radius 1 is 0.957 bits per heavy atom. The summed E-state index contributed by atoms with van der Waals surface area (Å²) in [4.78, 5) is 36.4. The molecule has 0 aliphatic heterocycles. The second-order valence-corrected chi connectivity index (χ2v) is 5.35. The largest absolute Gasteiger partial charge is 0.457 e. The van der Waals surface area contributed by atoms with E-state index in [-0.39, 0.29) is 23.7 Å². The van der Waals surface area contributed by atoms with Crippen molar-refractivity contribution in [1.29, 1.82) is 0 Å². The SMILES string of the molecule is Cc1ccc(C(=O)OCC2=CC(=O)c3ccccc3C2=O)cc1. The first-order valence-corrected chi connectivity index (χ1v) is 7.18. The predicted octanol–water partition coefficient (Wildman–Crippen LogP) is 3.16. The summed E-state index contributed by atoms with van der Waals surface area (Å²) in [5.74, 6) is -1.05. The average Bonchev–Trinajstić information content (AvgIpc) is 2.57. The van der Waals surface area contributed by atoms with Gasteiger partial charge < -0.3 is 4.74 Å². The number of carbonyl (C=O) groups excluding carboxylic acids is 3. The van der Waals surface area contributed by atoms with Gasteiger partial charge in [0, 0.05) is 16.7 Å². The van der Waals surface area contributed by atoms with Gasteiger partial charge in [-0.15, -0.1) is 0 Å². The molecule has 0 N–H and O–H groups in total. The maximum atomic E-state index is 12.3. The van der Waals surface area contributed by atoms with Gasteiger partial charge in [-0.2, -0.15) is 0 Å². The number of hydrogen-bond acceptors (Lipinski definition) is 4. The van der Waals surface area contributed by atoms with Crippen molar-refractivity contribution >= 4 is 17.5 Å². The minimum Gasteiger partial charge on any atom is -0.457 e. The van der Waals surface area contributed by atoms with E-state index in [0.717, 1.165) is 5.56 Å². The molecule has 2 aromatic carbocycles. The minimum atomic E-state index is -0.523. The highest BCUT2D eigenvalue weighted by atomic mass is 16.5. The normalized spacial score (nSPS) is 13.3. The molecule has 0 saturated heterocycles. The monoisotopic (exact) mass is 306 g/mol. The molecule has 1 aliphatic carbocycles. The molecule has 0 aromatic heterocycles. The van der Waals surface area contributed by atoms with Crippen molar-refractivity contribution in [3.8, 4) is 0 Å². The van der Waals surface area contributed by atoms with Gasteiger partial charge in [-0.1, -0.05) is 42.0 Å². The fourth-order valence-electron chi connectivity index (χ4n) is 2.39. The van der Waals surface area contributed by atoms with E-state index in [1.807, 2.05) is 6.92 Å². The van der Waals surface area contributed by atoms with Crippen molar-refractivity contribution in [2.45, 2.75) is 6.92 Å². The van der Waals surface area contributed by atoms with Crippen molar-refractivity contribution in [3.63, 3.8) is 0 Å². The fraction of sp³-hybridized carbons (Fsp3) is 0.105. The Bertz CT molecular complexity index is 829. The minimum absolute atomic E-state index is 0.189. The molecular formula is C19H14O4. The second-order valence-electron chi connectivity index (χ2n) is 5.35. The quantitative estimate of drug-likeness (QED) is 0.817. The van der Waals surface area contributed by atoms with Crippen molar-refractivity contribution in [2.75, 3.05) is 6.61 Å². The van der Waals surface area contributed by atoms with Crippen LogP contribution in [0, 0.1) is 6.92 Å². The van der Waals surface area contributed by atoms with E-state index in [9.17, 15) is 14.4 Å². The number of fused-ring (bicyclic) bond motifs is 1. The Morgan fingerprint density at radius 3 is 2.30 bits per heavy atom. The second kappa shape index (κ2) is 6.01. The first kappa shape index (κ1) is 14.9. The third-order valence-corrected chi connectivity index (χ3v) is 3.68. The van der Waals surface area contributed by atoms with Crippen LogP contribution in [0.3, 0.4) is 0 Å². The number of ether oxygens (including phenoxy) is 1. The smallest absolute Gasteiger partial charge is 0.338 e. The van der Waals surface area contributed by atoms with Crippen LogP contribution in [0.25, 0.3) is 0 Å². The summed E-state index contributed by atoms with van der Waals surface area (Å²) in [6.07, 6.45) is 1.24. The average molecular weight is 306 g/mol. The van der Waals surface area contributed by atoms with Crippen molar-refractivity contribution in [2.24, 2.45) is 0 Å². The standard InChI is InChI=1S/C19H14O4/c1-12-6-8-13(9-7-12)19(22)23-11-14-10-17(20)15-4-2-3-5-16(15)18(14)21/h2-10H,11H2,1H3. The zero-order valence-corrected chi connectivity index (χ0v) is 12.5. The van der Waals surface area contributed by atoms with Crippen LogP contribution < -0.4 is 0 Å². The number of carbonyl (C=O) groups is 3. The fourth-order valence-corrected chi connectivity index (χ4v) is 2.39. The Morgan fingerprint density at radius 2 is 1.61 bits per heavy atom. The van der Waals surface area contributed by atoms with Gasteiger partial charge in [0.1, 0.15) is 6.61 Å². The summed E-state index contributed by atoms with van der Waals surface area (Å²) in [5, 5.41) is 0. The number of allylic oxidation sites excluding steroid dienone is 1. The highest BCUT2D eigenvalue weighted by Crippen LogP contribution is 2.21. The third-order valence-electron chi connectivity index (χ3n) is 3.68. The van der Waals surface area contributed by atoms with Crippen LogP contribution >= 0.6 is 0 Å². The Hall–Kier alpha value is -3.01. The highest BCUT2D eigenvalue weighted by molar-refractivity contribution is 6.24. The zero-order chi connectivity index (χ0) is 16.4. The van der Waals surface area contributed by atoms with Crippen LogP contribution in [0.2, 0.25) is 0 Å². The molecule has 4 heteroatoms. The van der Waals surface area contributed by atoms with E-state index in [0.29, 0.717) is 16.7 Å². The van der Waals surface area contributed by atoms with E-state index in [4.69, 9.17) is 4.74 Å². The molecule has 1 aliphatic rings. The third kappa shape index (κ3) is 2.97. The number of rotatable bonds is 3. The molecule has 3 rings (SSSR count). The molecule has 0 atom stereocenters. The predicted molar refractivity (Wildman–Crippen MR) is 84.6 cm³/mol. The van der Waals surface area contributed by atoms with E-state index in [1.54, 1.807) is 48.5 Å². The molecule has 0 spiro atoms. The molecule has 0 heterocycles. The molecule has 4 nitrogen and oxygen atoms in total. The van der Waals surface area contributed by atoms with Gasteiger partial charge in [-0.05, 0) is 25.1 Å². The van der Waals surface area contributed by atoms with Gasteiger partial charge in [0.25, 0.3) is 0 Å². The molecule has 2 aromatic rings. The summed E-state index contributed by atoms with van der Waals surface area (Å²) in [7, 11) is 0. The molecule has 0 fully saturated rings.